The molecule has 0 fully saturated rings. The Morgan fingerprint density at radius 3 is 2.65 bits per heavy atom. The molecule has 3 amide bonds. The third-order valence-corrected chi connectivity index (χ3v) is 5.58. The highest BCUT2D eigenvalue weighted by Gasteiger charge is 2.22. The van der Waals surface area contributed by atoms with E-state index < -0.39 is 16.9 Å². The fourth-order valence-electron chi connectivity index (χ4n) is 2.73. The van der Waals surface area contributed by atoms with Crippen LogP contribution in [0.1, 0.15) is 10.6 Å². The summed E-state index contributed by atoms with van der Waals surface area (Å²) in [6.45, 7) is -0.0333. The Hall–Kier alpha value is -4.11. The van der Waals surface area contributed by atoms with Crippen molar-refractivity contribution in [3.8, 4) is 11.5 Å². The van der Waals surface area contributed by atoms with Crippen LogP contribution in [-0.4, -0.2) is 40.1 Å². The van der Waals surface area contributed by atoms with Crippen molar-refractivity contribution in [3.63, 3.8) is 0 Å². The van der Waals surface area contributed by atoms with E-state index in [0.29, 0.717) is 16.4 Å². The van der Waals surface area contributed by atoms with Crippen molar-refractivity contribution in [1.82, 2.24) is 15.6 Å². The van der Waals surface area contributed by atoms with E-state index in [1.165, 1.54) is 12.1 Å². The quantitative estimate of drug-likeness (QED) is 0.230. The van der Waals surface area contributed by atoms with Gasteiger partial charge in [-0.25, -0.2) is 10.2 Å². The normalized spacial score (nSPS) is 11.9. The first kappa shape index (κ1) is 23.1. The van der Waals surface area contributed by atoms with Crippen LogP contribution in [0.5, 0.6) is 11.5 Å². The van der Waals surface area contributed by atoms with E-state index in [-0.39, 0.29) is 35.3 Å². The number of benzene rings is 2. The maximum Gasteiger partial charge on any atom is 0.325 e. The van der Waals surface area contributed by atoms with Crippen LogP contribution in [0, 0.1) is 10.1 Å². The minimum atomic E-state index is -0.589. The van der Waals surface area contributed by atoms with Crippen molar-refractivity contribution in [3.05, 3.63) is 61.6 Å². The molecule has 15 heteroatoms. The number of amides is 3. The number of ether oxygens (including phenoxy) is 2. The van der Waals surface area contributed by atoms with Crippen LogP contribution < -0.4 is 25.5 Å². The molecule has 0 saturated carbocycles. The molecule has 3 aromatic rings. The molecule has 34 heavy (non-hydrogen) atoms. The number of hydrazone groups is 1. The fourth-order valence-corrected chi connectivity index (χ4v) is 3.73. The second kappa shape index (κ2) is 10.2. The van der Waals surface area contributed by atoms with Gasteiger partial charge in [-0.15, -0.1) is 10.2 Å². The minimum Gasteiger partial charge on any atom is -0.454 e. The Morgan fingerprint density at radius 1 is 1.18 bits per heavy atom. The summed E-state index contributed by atoms with van der Waals surface area (Å²) in [5.41, 5.74) is 2.75. The Bertz CT molecular complexity index is 1280. The van der Waals surface area contributed by atoms with Crippen LogP contribution in [0.15, 0.2) is 46.0 Å². The lowest BCUT2D eigenvalue weighted by atomic mass is 10.1. The third kappa shape index (κ3) is 5.81. The maximum absolute atomic E-state index is 12.1. The van der Waals surface area contributed by atoms with Crippen molar-refractivity contribution >= 4 is 61.9 Å². The number of halogens is 1. The lowest BCUT2D eigenvalue weighted by molar-refractivity contribution is -0.385. The molecule has 13 nitrogen and oxygen atoms in total. The van der Waals surface area contributed by atoms with Crippen molar-refractivity contribution < 1.29 is 24.0 Å². The summed E-state index contributed by atoms with van der Waals surface area (Å²) in [6.07, 6.45) is 0.978. The van der Waals surface area contributed by atoms with Crippen LogP contribution in [0.2, 0.25) is 0 Å². The maximum atomic E-state index is 12.1. The van der Waals surface area contributed by atoms with Gasteiger partial charge in [-0.05, 0) is 30.3 Å². The zero-order chi connectivity index (χ0) is 24.1. The second-order valence-electron chi connectivity index (χ2n) is 6.58. The Morgan fingerprint density at radius 2 is 1.91 bits per heavy atom. The number of aromatic nitrogens is 2. The standard InChI is InChI=1S/C19H14BrN7O6S/c20-11-1-3-12(4-2-11)22-18(29)23-19-26-25-17(34-19)7-16(28)24-21-8-10-5-14-15(33-9-32-14)6-13(10)27(30)31/h1-6,8H,7,9H2,(H,24,28)(H2,22,23,26,29)/b21-8-. The summed E-state index contributed by atoms with van der Waals surface area (Å²) < 4.78 is 11.2. The molecule has 0 radical (unpaired) electrons. The first-order valence-electron chi connectivity index (χ1n) is 9.43. The first-order valence-corrected chi connectivity index (χ1v) is 11.0. The molecule has 2 heterocycles. The highest BCUT2D eigenvalue weighted by Crippen LogP contribution is 2.37. The summed E-state index contributed by atoms with van der Waals surface area (Å²) in [6, 6.07) is 9.13. The highest BCUT2D eigenvalue weighted by molar-refractivity contribution is 9.10. The molecule has 1 aliphatic rings. The highest BCUT2D eigenvalue weighted by atomic mass is 79.9. The molecule has 2 aromatic carbocycles. The molecule has 174 valence electrons. The molecule has 0 spiro atoms. The molecule has 0 aliphatic carbocycles. The van der Waals surface area contributed by atoms with Gasteiger partial charge in [0.1, 0.15) is 5.01 Å². The molecule has 0 atom stereocenters. The number of carbonyl (C=O) groups is 2. The van der Waals surface area contributed by atoms with Gasteiger partial charge >= 0.3 is 6.03 Å². The van der Waals surface area contributed by atoms with Crippen molar-refractivity contribution in [2.75, 3.05) is 17.4 Å². The Labute approximate surface area is 203 Å². The van der Waals surface area contributed by atoms with Crippen molar-refractivity contribution in [1.29, 1.82) is 0 Å². The predicted molar refractivity (Wildman–Crippen MR) is 125 cm³/mol. The predicted octanol–water partition coefficient (Wildman–Crippen LogP) is 3.27. The first-order chi connectivity index (χ1) is 16.4. The van der Waals surface area contributed by atoms with Gasteiger partial charge in [0.15, 0.2) is 11.5 Å². The summed E-state index contributed by atoms with van der Waals surface area (Å²) in [7, 11) is 0. The number of anilines is 2. The number of nitrogens with one attached hydrogen (secondary N) is 3. The molecule has 4 rings (SSSR count). The number of nitro groups is 1. The number of carbonyl (C=O) groups excluding carboxylic acids is 2. The number of hydrogen-bond donors (Lipinski definition) is 3. The Kier molecular flexibility index (Phi) is 6.93. The van der Waals surface area contributed by atoms with Gasteiger partial charge < -0.3 is 14.8 Å². The van der Waals surface area contributed by atoms with E-state index in [1.54, 1.807) is 24.3 Å². The molecule has 0 bridgehead atoms. The summed E-state index contributed by atoms with van der Waals surface area (Å²) in [5, 5.41) is 28.4. The molecular formula is C19H14BrN7O6S. The van der Waals surface area contributed by atoms with E-state index in [4.69, 9.17) is 9.47 Å². The number of rotatable bonds is 7. The van der Waals surface area contributed by atoms with E-state index in [2.05, 4.69) is 47.3 Å². The average molecular weight is 548 g/mol. The lowest BCUT2D eigenvalue weighted by Crippen LogP contribution is -2.19. The van der Waals surface area contributed by atoms with Gasteiger partial charge in [0, 0.05) is 10.2 Å². The third-order valence-electron chi connectivity index (χ3n) is 4.21. The zero-order valence-electron chi connectivity index (χ0n) is 17.0. The molecule has 0 saturated heterocycles. The number of nitro benzene ring substituents is 1. The molecule has 1 aliphatic heterocycles. The van der Waals surface area contributed by atoms with Gasteiger partial charge in [-0.1, -0.05) is 27.3 Å². The summed E-state index contributed by atoms with van der Waals surface area (Å²) in [5.74, 6) is 0.0807. The van der Waals surface area contributed by atoms with Crippen LogP contribution >= 0.6 is 27.3 Å². The Balaban J connectivity index is 1.30. The van der Waals surface area contributed by atoms with Crippen LogP contribution in [0.4, 0.5) is 21.3 Å². The van der Waals surface area contributed by atoms with E-state index in [0.717, 1.165) is 22.0 Å². The SMILES string of the molecule is O=C(Cc1nnc(NC(=O)Nc2ccc(Br)cc2)s1)N/N=C\c1cc2c(cc1[N+](=O)[O-])OCO2. The van der Waals surface area contributed by atoms with Crippen LogP contribution in [0.25, 0.3) is 0 Å². The van der Waals surface area contributed by atoms with E-state index in [1.807, 2.05) is 0 Å². The van der Waals surface area contributed by atoms with Gasteiger partial charge in [0.25, 0.3) is 5.69 Å². The largest absolute Gasteiger partial charge is 0.454 e. The van der Waals surface area contributed by atoms with Gasteiger partial charge in [-0.2, -0.15) is 5.10 Å². The second-order valence-corrected chi connectivity index (χ2v) is 8.56. The number of hydrogen-bond acceptors (Lipinski definition) is 10. The number of urea groups is 1. The van der Waals surface area contributed by atoms with Gasteiger partial charge in [0.2, 0.25) is 17.8 Å². The molecule has 3 N–H and O–H groups in total. The zero-order valence-corrected chi connectivity index (χ0v) is 19.4. The number of fused-ring (bicyclic) bond motifs is 1. The van der Waals surface area contributed by atoms with Gasteiger partial charge in [0.05, 0.1) is 29.2 Å². The van der Waals surface area contributed by atoms with Crippen LogP contribution in [-0.2, 0) is 11.2 Å². The monoisotopic (exact) mass is 547 g/mol. The molecule has 0 unspecified atom stereocenters. The van der Waals surface area contributed by atoms with E-state index >= 15 is 0 Å². The van der Waals surface area contributed by atoms with Crippen molar-refractivity contribution in [2.24, 2.45) is 5.10 Å². The smallest absolute Gasteiger partial charge is 0.325 e. The number of nitrogens with zero attached hydrogens (tertiary/aromatic N) is 4. The topological polar surface area (TPSA) is 170 Å². The average Bonchev–Trinajstić information content (AvgIpc) is 3.43. The van der Waals surface area contributed by atoms with Crippen molar-refractivity contribution in [2.45, 2.75) is 6.42 Å². The summed E-state index contributed by atoms with van der Waals surface area (Å²) >= 11 is 4.33. The molecule has 1 aromatic heterocycles. The van der Waals surface area contributed by atoms with Crippen LogP contribution in [0.3, 0.4) is 0 Å². The summed E-state index contributed by atoms with van der Waals surface area (Å²) in [4.78, 5) is 34.9. The fraction of sp³-hybridized carbons (Fsp3) is 0.105. The molecular weight excluding hydrogens is 534 g/mol. The minimum absolute atomic E-state index is 0.0333. The lowest BCUT2D eigenvalue weighted by Gasteiger charge is -2.04. The van der Waals surface area contributed by atoms with E-state index in [9.17, 15) is 19.7 Å². The van der Waals surface area contributed by atoms with Gasteiger partial charge in [-0.3, -0.25) is 20.2 Å².